The second-order valence-electron chi connectivity index (χ2n) is 4.46. The maximum absolute atomic E-state index is 12.0. The Morgan fingerprint density at radius 3 is 2.83 bits per heavy atom. The first-order chi connectivity index (χ1) is 8.16. The van der Waals surface area contributed by atoms with E-state index in [4.69, 9.17) is 0 Å². The molecule has 1 amide bonds. The van der Waals surface area contributed by atoms with Crippen LogP contribution in [-0.2, 0) is 4.79 Å². The van der Waals surface area contributed by atoms with Crippen molar-refractivity contribution in [3.05, 3.63) is 28.2 Å². The number of rotatable bonds is 2. The summed E-state index contributed by atoms with van der Waals surface area (Å²) in [6.07, 6.45) is 3.22. The zero-order valence-electron chi connectivity index (χ0n) is 10.3. The summed E-state index contributed by atoms with van der Waals surface area (Å²) in [6.45, 7) is 2.97. The van der Waals surface area contributed by atoms with E-state index in [2.05, 4.69) is 26.6 Å². The standard InChI is InChI=1S/C13H17BrN2O.ClH/c1-9-5-6-10(8-11(9)14)16-13(17)12-4-2-3-7-15-12;/h5-6,8,12,15H,2-4,7H2,1H3,(H,16,17);1H/t12-;/m0./s1. The molecule has 2 rings (SSSR count). The highest BCUT2D eigenvalue weighted by Gasteiger charge is 2.20. The van der Waals surface area contributed by atoms with Crippen LogP contribution in [0.1, 0.15) is 24.8 Å². The van der Waals surface area contributed by atoms with Gasteiger partial charge in [0.1, 0.15) is 0 Å². The Morgan fingerprint density at radius 2 is 2.22 bits per heavy atom. The topological polar surface area (TPSA) is 41.1 Å². The largest absolute Gasteiger partial charge is 0.325 e. The average Bonchev–Trinajstić information content (AvgIpc) is 2.35. The zero-order valence-corrected chi connectivity index (χ0v) is 12.7. The summed E-state index contributed by atoms with van der Waals surface area (Å²) < 4.78 is 1.02. The number of hydrogen-bond donors (Lipinski definition) is 2. The van der Waals surface area contributed by atoms with E-state index >= 15 is 0 Å². The Kier molecular flexibility index (Phi) is 6.12. The first-order valence-electron chi connectivity index (χ1n) is 5.97. The van der Waals surface area contributed by atoms with E-state index in [1.165, 1.54) is 12.0 Å². The first-order valence-corrected chi connectivity index (χ1v) is 6.76. The van der Waals surface area contributed by atoms with E-state index in [-0.39, 0.29) is 24.4 Å². The van der Waals surface area contributed by atoms with Gasteiger partial charge >= 0.3 is 0 Å². The van der Waals surface area contributed by atoms with Crippen LogP contribution in [-0.4, -0.2) is 18.5 Å². The van der Waals surface area contributed by atoms with Crippen molar-refractivity contribution in [1.82, 2.24) is 5.32 Å². The van der Waals surface area contributed by atoms with Crippen molar-refractivity contribution in [1.29, 1.82) is 0 Å². The Labute approximate surface area is 122 Å². The molecule has 0 aromatic heterocycles. The van der Waals surface area contributed by atoms with Crippen LogP contribution in [0.3, 0.4) is 0 Å². The molecule has 18 heavy (non-hydrogen) atoms. The zero-order chi connectivity index (χ0) is 12.3. The summed E-state index contributed by atoms with van der Waals surface area (Å²) >= 11 is 3.47. The lowest BCUT2D eigenvalue weighted by Gasteiger charge is -2.22. The van der Waals surface area contributed by atoms with E-state index in [9.17, 15) is 4.79 Å². The number of anilines is 1. The van der Waals surface area contributed by atoms with E-state index in [0.717, 1.165) is 29.5 Å². The smallest absolute Gasteiger partial charge is 0.241 e. The van der Waals surface area contributed by atoms with Gasteiger partial charge in [-0.1, -0.05) is 28.4 Å². The molecule has 0 unspecified atom stereocenters. The van der Waals surface area contributed by atoms with Gasteiger partial charge in [0, 0.05) is 10.2 Å². The van der Waals surface area contributed by atoms with E-state index in [1.807, 2.05) is 25.1 Å². The molecule has 0 radical (unpaired) electrons. The molecule has 1 aliphatic heterocycles. The number of aryl methyl sites for hydroxylation is 1. The van der Waals surface area contributed by atoms with Crippen LogP contribution >= 0.6 is 28.3 Å². The number of carbonyl (C=O) groups is 1. The summed E-state index contributed by atoms with van der Waals surface area (Å²) in [7, 11) is 0. The minimum Gasteiger partial charge on any atom is -0.325 e. The van der Waals surface area contributed by atoms with Gasteiger partial charge in [-0.15, -0.1) is 12.4 Å². The lowest BCUT2D eigenvalue weighted by molar-refractivity contribution is -0.118. The fourth-order valence-electron chi connectivity index (χ4n) is 1.98. The molecule has 2 N–H and O–H groups in total. The number of nitrogens with one attached hydrogen (secondary N) is 2. The number of carbonyl (C=O) groups excluding carboxylic acids is 1. The van der Waals surface area contributed by atoms with Crippen molar-refractivity contribution in [2.24, 2.45) is 0 Å². The monoisotopic (exact) mass is 332 g/mol. The SMILES string of the molecule is Cc1ccc(NC(=O)[C@@H]2CCCCN2)cc1Br.Cl. The Hall–Kier alpha value is -0.580. The molecule has 5 heteroatoms. The lowest BCUT2D eigenvalue weighted by atomic mass is 10.0. The Morgan fingerprint density at radius 1 is 1.44 bits per heavy atom. The van der Waals surface area contributed by atoms with E-state index < -0.39 is 0 Å². The van der Waals surface area contributed by atoms with Gasteiger partial charge in [0.15, 0.2) is 0 Å². The molecular weight excluding hydrogens is 316 g/mol. The molecule has 0 spiro atoms. The number of halogens is 2. The van der Waals surface area contributed by atoms with Crippen molar-refractivity contribution in [3.63, 3.8) is 0 Å². The molecule has 1 heterocycles. The molecule has 3 nitrogen and oxygen atoms in total. The third-order valence-corrected chi connectivity index (χ3v) is 3.92. The molecule has 0 aliphatic carbocycles. The first kappa shape index (κ1) is 15.5. The molecule has 1 aromatic carbocycles. The molecule has 0 saturated carbocycles. The lowest BCUT2D eigenvalue weighted by Crippen LogP contribution is -2.43. The summed E-state index contributed by atoms with van der Waals surface area (Å²) in [6, 6.07) is 5.83. The van der Waals surface area contributed by atoms with E-state index in [0.29, 0.717) is 0 Å². The van der Waals surface area contributed by atoms with Crippen molar-refractivity contribution in [3.8, 4) is 0 Å². The van der Waals surface area contributed by atoms with Crippen LogP contribution in [0, 0.1) is 6.92 Å². The van der Waals surface area contributed by atoms with Crippen molar-refractivity contribution >= 4 is 39.9 Å². The summed E-state index contributed by atoms with van der Waals surface area (Å²) in [5.74, 6) is 0.0699. The van der Waals surface area contributed by atoms with Gasteiger partial charge < -0.3 is 10.6 Å². The van der Waals surface area contributed by atoms with Crippen LogP contribution in [0.2, 0.25) is 0 Å². The van der Waals surface area contributed by atoms with Gasteiger partial charge in [-0.2, -0.15) is 0 Å². The number of benzene rings is 1. The fourth-order valence-corrected chi connectivity index (χ4v) is 2.35. The highest BCUT2D eigenvalue weighted by atomic mass is 79.9. The predicted octanol–water partition coefficient (Wildman–Crippen LogP) is 3.26. The maximum Gasteiger partial charge on any atom is 0.241 e. The maximum atomic E-state index is 12.0. The van der Waals surface area contributed by atoms with Crippen LogP contribution in [0.5, 0.6) is 0 Å². The number of amides is 1. The van der Waals surface area contributed by atoms with Crippen molar-refractivity contribution in [2.45, 2.75) is 32.2 Å². The van der Waals surface area contributed by atoms with Crippen LogP contribution in [0.4, 0.5) is 5.69 Å². The van der Waals surface area contributed by atoms with E-state index in [1.54, 1.807) is 0 Å². The van der Waals surface area contributed by atoms with Gasteiger partial charge in [0.2, 0.25) is 5.91 Å². The molecule has 1 atom stereocenters. The second kappa shape index (κ2) is 7.12. The van der Waals surface area contributed by atoms with Gasteiger partial charge in [0.25, 0.3) is 0 Å². The normalized spacial score (nSPS) is 18.9. The highest BCUT2D eigenvalue weighted by Crippen LogP contribution is 2.21. The molecule has 100 valence electrons. The van der Waals surface area contributed by atoms with Crippen molar-refractivity contribution < 1.29 is 4.79 Å². The van der Waals surface area contributed by atoms with Gasteiger partial charge in [-0.25, -0.2) is 0 Å². The van der Waals surface area contributed by atoms with Crippen molar-refractivity contribution in [2.75, 3.05) is 11.9 Å². The quantitative estimate of drug-likeness (QED) is 0.872. The third kappa shape index (κ3) is 3.97. The fraction of sp³-hybridized carbons (Fsp3) is 0.462. The predicted molar refractivity (Wildman–Crippen MR) is 80.4 cm³/mol. The number of piperidine rings is 1. The Balaban J connectivity index is 0.00000162. The van der Waals surface area contributed by atoms with Crippen LogP contribution in [0.15, 0.2) is 22.7 Å². The second-order valence-corrected chi connectivity index (χ2v) is 5.31. The molecule has 0 bridgehead atoms. The average molecular weight is 334 g/mol. The minimum absolute atomic E-state index is 0. The molecule has 1 saturated heterocycles. The molecule has 1 aromatic rings. The molecule has 1 fully saturated rings. The summed E-state index contributed by atoms with van der Waals surface area (Å²) in [5, 5.41) is 6.19. The van der Waals surface area contributed by atoms with Gasteiger partial charge in [0.05, 0.1) is 6.04 Å². The van der Waals surface area contributed by atoms with Gasteiger partial charge in [-0.3, -0.25) is 4.79 Å². The number of hydrogen-bond acceptors (Lipinski definition) is 2. The van der Waals surface area contributed by atoms with Gasteiger partial charge in [-0.05, 0) is 44.0 Å². The molecule has 1 aliphatic rings. The molecular formula is C13H18BrClN2O. The van der Waals surface area contributed by atoms with Crippen LogP contribution < -0.4 is 10.6 Å². The summed E-state index contributed by atoms with van der Waals surface area (Å²) in [4.78, 5) is 12.0. The Bertz CT molecular complexity index is 419. The summed E-state index contributed by atoms with van der Waals surface area (Å²) in [5.41, 5.74) is 2.01. The highest BCUT2D eigenvalue weighted by molar-refractivity contribution is 9.10. The van der Waals surface area contributed by atoms with Crippen LogP contribution in [0.25, 0.3) is 0 Å². The minimum atomic E-state index is -0.0381. The third-order valence-electron chi connectivity index (χ3n) is 3.07.